The third kappa shape index (κ3) is 3.90. The molecule has 3 rings (SSSR count). The molecule has 1 N–H and O–H groups in total. The van der Waals surface area contributed by atoms with Crippen molar-refractivity contribution in [3.63, 3.8) is 0 Å². The Morgan fingerprint density at radius 2 is 1.62 bits per heavy atom. The predicted molar refractivity (Wildman–Crippen MR) is 86.2 cm³/mol. The number of likely N-dealkylation sites (tertiary alicyclic amines) is 1. The van der Waals surface area contributed by atoms with Crippen LogP contribution in [-0.2, 0) is 0 Å². The second kappa shape index (κ2) is 7.34. The fourth-order valence-corrected chi connectivity index (χ4v) is 3.00. The van der Waals surface area contributed by atoms with Crippen molar-refractivity contribution in [2.75, 3.05) is 26.2 Å². The highest BCUT2D eigenvalue weighted by Crippen LogP contribution is 2.21. The molecule has 3 nitrogen and oxygen atoms in total. The van der Waals surface area contributed by atoms with E-state index in [4.69, 9.17) is 0 Å². The lowest BCUT2D eigenvalue weighted by atomic mass is 10.00. The molecule has 1 aromatic heterocycles. The van der Waals surface area contributed by atoms with Gasteiger partial charge in [0.15, 0.2) is 0 Å². The average molecular weight is 281 g/mol. The van der Waals surface area contributed by atoms with E-state index in [-0.39, 0.29) is 6.04 Å². The van der Waals surface area contributed by atoms with Crippen LogP contribution in [0.3, 0.4) is 0 Å². The summed E-state index contributed by atoms with van der Waals surface area (Å²) in [5.74, 6) is 0. The van der Waals surface area contributed by atoms with Gasteiger partial charge in [0.25, 0.3) is 0 Å². The largest absolute Gasteiger partial charge is 0.305 e. The molecule has 2 heterocycles. The lowest BCUT2D eigenvalue weighted by molar-refractivity contribution is 0.331. The van der Waals surface area contributed by atoms with E-state index in [1.165, 1.54) is 37.1 Å². The van der Waals surface area contributed by atoms with Crippen LogP contribution < -0.4 is 5.32 Å². The molecule has 0 spiro atoms. The molecule has 1 saturated heterocycles. The summed E-state index contributed by atoms with van der Waals surface area (Å²) in [5, 5.41) is 3.71. The van der Waals surface area contributed by atoms with Crippen LogP contribution in [0.4, 0.5) is 0 Å². The number of pyridine rings is 1. The Morgan fingerprint density at radius 1 is 0.952 bits per heavy atom. The summed E-state index contributed by atoms with van der Waals surface area (Å²) in [5.41, 5.74) is 2.59. The molecule has 1 aliphatic heterocycles. The molecule has 110 valence electrons. The number of nitrogens with one attached hydrogen (secondary N) is 1. The average Bonchev–Trinajstić information content (AvgIpc) is 3.07. The zero-order chi connectivity index (χ0) is 14.3. The minimum atomic E-state index is 0.247. The first-order valence-corrected chi connectivity index (χ1v) is 7.84. The molecule has 1 unspecified atom stereocenters. The van der Waals surface area contributed by atoms with Gasteiger partial charge in [0.1, 0.15) is 0 Å². The van der Waals surface area contributed by atoms with Crippen molar-refractivity contribution in [1.29, 1.82) is 0 Å². The second-order valence-corrected chi connectivity index (χ2v) is 5.63. The summed E-state index contributed by atoms with van der Waals surface area (Å²) in [6.07, 6.45) is 6.44. The molecule has 0 saturated carbocycles. The van der Waals surface area contributed by atoms with Crippen LogP contribution in [0.2, 0.25) is 0 Å². The fourth-order valence-electron chi connectivity index (χ4n) is 3.00. The SMILES string of the molecule is c1ccc(C(NCCN2CCCC2)c2ccncc2)cc1. The van der Waals surface area contributed by atoms with Crippen molar-refractivity contribution >= 4 is 0 Å². The van der Waals surface area contributed by atoms with Crippen LogP contribution in [0.1, 0.15) is 30.0 Å². The van der Waals surface area contributed by atoms with Gasteiger partial charge in [-0.3, -0.25) is 4.98 Å². The van der Waals surface area contributed by atoms with E-state index in [9.17, 15) is 0 Å². The second-order valence-electron chi connectivity index (χ2n) is 5.63. The molecule has 1 fully saturated rings. The Hall–Kier alpha value is -1.71. The summed E-state index contributed by atoms with van der Waals surface area (Å²) in [7, 11) is 0. The number of rotatable bonds is 6. The van der Waals surface area contributed by atoms with Crippen LogP contribution in [0.25, 0.3) is 0 Å². The van der Waals surface area contributed by atoms with Crippen LogP contribution >= 0.6 is 0 Å². The molecule has 2 aromatic rings. The molecule has 1 aliphatic rings. The van der Waals surface area contributed by atoms with E-state index >= 15 is 0 Å². The zero-order valence-electron chi connectivity index (χ0n) is 12.4. The Morgan fingerprint density at radius 3 is 2.33 bits per heavy atom. The molecular weight excluding hydrogens is 258 g/mol. The van der Waals surface area contributed by atoms with Gasteiger partial charge in [0, 0.05) is 25.5 Å². The summed E-state index contributed by atoms with van der Waals surface area (Å²) in [6, 6.07) is 15.1. The first kappa shape index (κ1) is 14.2. The Balaban J connectivity index is 1.67. The van der Waals surface area contributed by atoms with Gasteiger partial charge >= 0.3 is 0 Å². The van der Waals surface area contributed by atoms with Crippen molar-refractivity contribution in [2.45, 2.75) is 18.9 Å². The van der Waals surface area contributed by atoms with Gasteiger partial charge in [-0.25, -0.2) is 0 Å². The van der Waals surface area contributed by atoms with Gasteiger partial charge in [-0.15, -0.1) is 0 Å². The Bertz CT molecular complexity index is 481. The molecule has 21 heavy (non-hydrogen) atoms. The van der Waals surface area contributed by atoms with Crippen molar-refractivity contribution in [3.05, 3.63) is 66.0 Å². The maximum Gasteiger partial charge on any atom is 0.0578 e. The van der Waals surface area contributed by atoms with Crippen molar-refractivity contribution in [2.24, 2.45) is 0 Å². The standard InChI is InChI=1S/C18H23N3/c1-2-6-16(7-3-1)18(17-8-10-19-11-9-17)20-12-15-21-13-4-5-14-21/h1-3,6-11,18,20H,4-5,12-15H2. The van der Waals surface area contributed by atoms with Crippen LogP contribution in [-0.4, -0.2) is 36.1 Å². The highest BCUT2D eigenvalue weighted by Gasteiger charge is 2.15. The minimum absolute atomic E-state index is 0.247. The highest BCUT2D eigenvalue weighted by atomic mass is 15.2. The normalized spacial score (nSPS) is 17.0. The maximum atomic E-state index is 4.13. The lowest BCUT2D eigenvalue weighted by Gasteiger charge is -2.22. The highest BCUT2D eigenvalue weighted by molar-refractivity contribution is 5.30. The van der Waals surface area contributed by atoms with Crippen LogP contribution in [0, 0.1) is 0 Å². The Kier molecular flexibility index (Phi) is 4.98. The molecule has 3 heteroatoms. The van der Waals surface area contributed by atoms with Gasteiger partial charge < -0.3 is 10.2 Å². The first-order chi connectivity index (χ1) is 10.4. The number of nitrogens with zero attached hydrogens (tertiary/aromatic N) is 2. The zero-order valence-corrected chi connectivity index (χ0v) is 12.4. The van der Waals surface area contributed by atoms with Gasteiger partial charge in [-0.05, 0) is 49.2 Å². The van der Waals surface area contributed by atoms with E-state index in [2.05, 4.69) is 57.7 Å². The molecule has 0 bridgehead atoms. The third-order valence-electron chi connectivity index (χ3n) is 4.15. The molecule has 1 atom stereocenters. The summed E-state index contributed by atoms with van der Waals surface area (Å²) in [4.78, 5) is 6.67. The maximum absolute atomic E-state index is 4.13. The van der Waals surface area contributed by atoms with Crippen molar-refractivity contribution in [1.82, 2.24) is 15.2 Å². The first-order valence-electron chi connectivity index (χ1n) is 7.84. The Labute approximate surface area is 127 Å². The van der Waals surface area contributed by atoms with E-state index in [1.807, 2.05) is 12.4 Å². The molecular formula is C18H23N3. The van der Waals surface area contributed by atoms with E-state index < -0.39 is 0 Å². The monoisotopic (exact) mass is 281 g/mol. The van der Waals surface area contributed by atoms with Gasteiger partial charge in [0.05, 0.1) is 6.04 Å². The minimum Gasteiger partial charge on any atom is -0.305 e. The molecule has 0 amide bonds. The fraction of sp³-hybridized carbons (Fsp3) is 0.389. The van der Waals surface area contributed by atoms with Crippen molar-refractivity contribution in [3.8, 4) is 0 Å². The number of hydrogen-bond acceptors (Lipinski definition) is 3. The smallest absolute Gasteiger partial charge is 0.0578 e. The number of aromatic nitrogens is 1. The molecule has 0 radical (unpaired) electrons. The summed E-state index contributed by atoms with van der Waals surface area (Å²) < 4.78 is 0. The lowest BCUT2D eigenvalue weighted by Crippen LogP contribution is -2.32. The van der Waals surface area contributed by atoms with E-state index in [0.29, 0.717) is 0 Å². The van der Waals surface area contributed by atoms with Gasteiger partial charge in [-0.1, -0.05) is 30.3 Å². The van der Waals surface area contributed by atoms with Gasteiger partial charge in [0.2, 0.25) is 0 Å². The molecule has 1 aromatic carbocycles. The summed E-state index contributed by atoms with van der Waals surface area (Å²) >= 11 is 0. The molecule has 0 aliphatic carbocycles. The van der Waals surface area contributed by atoms with Crippen LogP contribution in [0.15, 0.2) is 54.9 Å². The topological polar surface area (TPSA) is 28.2 Å². The van der Waals surface area contributed by atoms with E-state index in [0.717, 1.165) is 13.1 Å². The number of benzene rings is 1. The predicted octanol–water partition coefficient (Wildman–Crippen LogP) is 2.86. The quantitative estimate of drug-likeness (QED) is 0.882. The number of hydrogen-bond donors (Lipinski definition) is 1. The van der Waals surface area contributed by atoms with Gasteiger partial charge in [-0.2, -0.15) is 0 Å². The third-order valence-corrected chi connectivity index (χ3v) is 4.15. The van der Waals surface area contributed by atoms with E-state index in [1.54, 1.807) is 0 Å². The summed E-state index contributed by atoms with van der Waals surface area (Å²) in [6.45, 7) is 4.66. The van der Waals surface area contributed by atoms with Crippen LogP contribution in [0.5, 0.6) is 0 Å². The van der Waals surface area contributed by atoms with Crippen molar-refractivity contribution < 1.29 is 0 Å².